The van der Waals surface area contributed by atoms with Crippen LogP contribution in [-0.2, 0) is 34.6 Å². The minimum atomic E-state index is -5.09. The number of hydrogen-bond acceptors (Lipinski definition) is 2. The van der Waals surface area contributed by atoms with E-state index in [9.17, 15) is 30.4 Å². The number of halogens is 5. The van der Waals surface area contributed by atoms with Crippen LogP contribution in [0.5, 0.6) is 0 Å². The van der Waals surface area contributed by atoms with Gasteiger partial charge >= 0.3 is 6.18 Å². The molecule has 0 saturated heterocycles. The number of alkyl halides is 3. The molecule has 0 fully saturated rings. The van der Waals surface area contributed by atoms with E-state index in [4.69, 9.17) is 0 Å². The van der Waals surface area contributed by atoms with Gasteiger partial charge in [0.05, 0.1) is 10.5 Å². The second-order valence-electron chi connectivity index (χ2n) is 7.62. The first-order valence-corrected chi connectivity index (χ1v) is 10.2. The maximum Gasteiger partial charge on any atom is 0.422 e. The molecule has 0 radical (unpaired) electrons. The van der Waals surface area contributed by atoms with Gasteiger partial charge in [-0.3, -0.25) is 0 Å². The minimum absolute atomic E-state index is 0.105. The molecule has 2 aromatic carbocycles. The van der Waals surface area contributed by atoms with Gasteiger partial charge in [-0.1, -0.05) is 24.3 Å². The molecule has 0 amide bonds. The van der Waals surface area contributed by atoms with Crippen LogP contribution in [0.1, 0.15) is 43.0 Å². The molecule has 0 atom stereocenters. The topological polar surface area (TPSA) is 34.1 Å². The van der Waals surface area contributed by atoms with Crippen molar-refractivity contribution in [3.8, 4) is 0 Å². The van der Waals surface area contributed by atoms with Crippen LogP contribution in [0.15, 0.2) is 36.4 Å². The predicted octanol–water partition coefficient (Wildman–Crippen LogP) is 5.48. The molecule has 28 heavy (non-hydrogen) atoms. The average Bonchev–Trinajstić information content (AvgIpc) is 2.50. The van der Waals surface area contributed by atoms with E-state index in [1.54, 1.807) is 45.0 Å². The van der Waals surface area contributed by atoms with Gasteiger partial charge in [-0.15, -0.1) is 0 Å². The van der Waals surface area contributed by atoms with Gasteiger partial charge in [-0.2, -0.15) is 13.2 Å². The number of rotatable bonds is 5. The molecule has 0 bridgehead atoms. The molecule has 0 aliphatic rings. The Morgan fingerprint density at radius 1 is 0.786 bits per heavy atom. The lowest BCUT2D eigenvalue weighted by atomic mass is 10.0. The fourth-order valence-electron chi connectivity index (χ4n) is 2.57. The fraction of sp³-hybridized carbons (Fsp3) is 0.400. The summed E-state index contributed by atoms with van der Waals surface area (Å²) in [6.45, 7) is 4.87. The van der Waals surface area contributed by atoms with Crippen molar-refractivity contribution in [1.29, 1.82) is 0 Å². The molecule has 0 heterocycles. The second kappa shape index (κ2) is 7.81. The standard InChI is InChI=1S/C20H21F5O2S/c1-19(2,3)28(26,27)12-14-7-4-13(5-8-14)6-9-15-10-16(21)18(17(22)11-15)20(23,24)25/h4-5,7-8,10-11H,6,9,12H2,1-3H3. The normalized spacial score (nSPS) is 13.0. The van der Waals surface area contributed by atoms with Gasteiger partial charge in [0.25, 0.3) is 0 Å². The lowest BCUT2D eigenvalue weighted by molar-refractivity contribution is -0.142. The summed E-state index contributed by atoms with van der Waals surface area (Å²) in [5.74, 6) is -3.37. The van der Waals surface area contributed by atoms with E-state index < -0.39 is 38.0 Å². The molecule has 0 aromatic heterocycles. The smallest absolute Gasteiger partial charge is 0.228 e. The first-order valence-electron chi connectivity index (χ1n) is 8.56. The third kappa shape index (κ3) is 5.31. The van der Waals surface area contributed by atoms with Crippen molar-refractivity contribution < 1.29 is 30.4 Å². The zero-order valence-electron chi connectivity index (χ0n) is 15.7. The third-order valence-corrected chi connectivity index (χ3v) is 6.98. The van der Waals surface area contributed by atoms with Crippen LogP contribution < -0.4 is 0 Å². The van der Waals surface area contributed by atoms with Crippen molar-refractivity contribution in [2.45, 2.75) is 50.3 Å². The van der Waals surface area contributed by atoms with Gasteiger partial charge in [0.1, 0.15) is 17.2 Å². The zero-order valence-corrected chi connectivity index (χ0v) is 16.5. The molecule has 0 N–H and O–H groups in total. The molecule has 2 rings (SSSR count). The summed E-state index contributed by atoms with van der Waals surface area (Å²) >= 11 is 0. The second-order valence-corrected chi connectivity index (χ2v) is 10.4. The molecule has 0 saturated carbocycles. The lowest BCUT2D eigenvalue weighted by Gasteiger charge is -2.19. The van der Waals surface area contributed by atoms with Crippen LogP contribution in [0.25, 0.3) is 0 Å². The Hall–Kier alpha value is -1.96. The van der Waals surface area contributed by atoms with E-state index >= 15 is 0 Å². The molecular weight excluding hydrogens is 399 g/mol. The first-order chi connectivity index (χ1) is 12.7. The molecule has 0 unspecified atom stereocenters. The molecule has 0 spiro atoms. The summed E-state index contributed by atoms with van der Waals surface area (Å²) in [7, 11) is -3.32. The van der Waals surface area contributed by atoms with Crippen molar-refractivity contribution in [1.82, 2.24) is 0 Å². The van der Waals surface area contributed by atoms with Crippen molar-refractivity contribution in [3.05, 3.63) is 70.3 Å². The summed E-state index contributed by atoms with van der Waals surface area (Å²) < 4.78 is 88.6. The Kier molecular flexibility index (Phi) is 6.23. The molecule has 2 aromatic rings. The fourth-order valence-corrected chi connectivity index (χ4v) is 3.63. The van der Waals surface area contributed by atoms with Crippen LogP contribution in [-0.4, -0.2) is 13.2 Å². The maximum absolute atomic E-state index is 13.6. The summed E-state index contributed by atoms with van der Waals surface area (Å²) in [5.41, 5.74) is -0.383. The van der Waals surface area contributed by atoms with Gasteiger partial charge in [0.15, 0.2) is 9.84 Å². The van der Waals surface area contributed by atoms with Crippen molar-refractivity contribution in [2.75, 3.05) is 0 Å². The van der Waals surface area contributed by atoms with Crippen LogP contribution in [0.4, 0.5) is 22.0 Å². The van der Waals surface area contributed by atoms with Crippen molar-refractivity contribution in [2.24, 2.45) is 0 Å². The summed E-state index contributed by atoms with van der Waals surface area (Å²) in [4.78, 5) is 0. The quantitative estimate of drug-likeness (QED) is 0.600. The van der Waals surface area contributed by atoms with E-state index in [0.717, 1.165) is 5.56 Å². The van der Waals surface area contributed by atoms with Crippen molar-refractivity contribution in [3.63, 3.8) is 0 Å². The Morgan fingerprint density at radius 2 is 1.21 bits per heavy atom. The van der Waals surface area contributed by atoms with Crippen LogP contribution in [0.2, 0.25) is 0 Å². The Balaban J connectivity index is 2.08. The number of aryl methyl sites for hydroxylation is 2. The lowest BCUT2D eigenvalue weighted by Crippen LogP contribution is -2.29. The average molecular weight is 420 g/mol. The van der Waals surface area contributed by atoms with E-state index in [2.05, 4.69) is 0 Å². The summed E-state index contributed by atoms with van der Waals surface area (Å²) in [6.07, 6.45) is -4.60. The monoisotopic (exact) mass is 420 g/mol. The first kappa shape index (κ1) is 22.3. The third-order valence-electron chi connectivity index (χ3n) is 4.40. The van der Waals surface area contributed by atoms with Gasteiger partial charge in [0, 0.05) is 0 Å². The van der Waals surface area contributed by atoms with E-state index in [1.807, 2.05) is 0 Å². The van der Waals surface area contributed by atoms with Gasteiger partial charge < -0.3 is 0 Å². The van der Waals surface area contributed by atoms with Gasteiger partial charge in [0.2, 0.25) is 0 Å². The largest absolute Gasteiger partial charge is 0.422 e. The Morgan fingerprint density at radius 3 is 1.64 bits per heavy atom. The van der Waals surface area contributed by atoms with E-state index in [1.165, 1.54) is 0 Å². The maximum atomic E-state index is 13.6. The van der Waals surface area contributed by atoms with Gasteiger partial charge in [-0.05, 0) is 62.4 Å². The predicted molar refractivity (Wildman–Crippen MR) is 97.6 cm³/mol. The minimum Gasteiger partial charge on any atom is -0.228 e. The van der Waals surface area contributed by atoms with Crippen molar-refractivity contribution >= 4 is 9.84 Å². The number of benzene rings is 2. The zero-order chi connectivity index (χ0) is 21.3. The molecule has 154 valence electrons. The number of hydrogen-bond donors (Lipinski definition) is 0. The van der Waals surface area contributed by atoms with E-state index in [0.29, 0.717) is 24.1 Å². The highest BCUT2D eigenvalue weighted by molar-refractivity contribution is 7.91. The Bertz CT molecular complexity index is 917. The molecule has 0 aliphatic heterocycles. The highest BCUT2D eigenvalue weighted by Gasteiger charge is 2.37. The summed E-state index contributed by atoms with van der Waals surface area (Å²) in [6, 6.07) is 8.10. The van der Waals surface area contributed by atoms with Gasteiger partial charge in [-0.25, -0.2) is 17.2 Å². The highest BCUT2D eigenvalue weighted by Crippen LogP contribution is 2.34. The van der Waals surface area contributed by atoms with Crippen LogP contribution >= 0.6 is 0 Å². The molecule has 2 nitrogen and oxygen atoms in total. The summed E-state index contributed by atoms with van der Waals surface area (Å²) in [5, 5.41) is 0. The molecule has 8 heteroatoms. The highest BCUT2D eigenvalue weighted by atomic mass is 32.2. The molecular formula is C20H21F5O2S. The molecule has 0 aliphatic carbocycles. The Labute approximate surface area is 161 Å². The SMILES string of the molecule is CC(C)(C)S(=O)(=O)Cc1ccc(CCc2cc(F)c(C(F)(F)F)c(F)c2)cc1. The number of sulfone groups is 1. The van der Waals surface area contributed by atoms with Crippen LogP contribution in [0, 0.1) is 11.6 Å². The van der Waals surface area contributed by atoms with Crippen LogP contribution in [0.3, 0.4) is 0 Å². The van der Waals surface area contributed by atoms with E-state index in [-0.39, 0.29) is 17.7 Å².